The summed E-state index contributed by atoms with van der Waals surface area (Å²) >= 11 is 0. The van der Waals surface area contributed by atoms with E-state index in [9.17, 15) is 28.3 Å². The van der Waals surface area contributed by atoms with Crippen LogP contribution in [-0.4, -0.2) is 22.6 Å². The third-order valence-electron chi connectivity index (χ3n) is 5.67. The molecule has 126 valence electrons. The second-order valence-electron chi connectivity index (χ2n) is 6.91. The molecule has 6 heteroatoms. The van der Waals surface area contributed by atoms with Gasteiger partial charge in [0.1, 0.15) is 17.0 Å². The van der Waals surface area contributed by atoms with Crippen LogP contribution in [0.25, 0.3) is 0 Å². The summed E-state index contributed by atoms with van der Waals surface area (Å²) in [6.45, 7) is 3.37. The van der Waals surface area contributed by atoms with Crippen molar-refractivity contribution in [2.75, 3.05) is 0 Å². The number of Topliss-reactive ketones (excluding diaryl/α,β-unsaturated/α-hetero) is 1. The summed E-state index contributed by atoms with van der Waals surface area (Å²) in [5.74, 6) is -5.24. The summed E-state index contributed by atoms with van der Waals surface area (Å²) < 4.78 is 27.5. The van der Waals surface area contributed by atoms with Gasteiger partial charge in [0.25, 0.3) is 0 Å². The van der Waals surface area contributed by atoms with Gasteiger partial charge in [0, 0.05) is 5.57 Å². The Bertz CT molecular complexity index is 789. The molecule has 0 radical (unpaired) electrons. The summed E-state index contributed by atoms with van der Waals surface area (Å²) in [5.41, 5.74) is -3.10. The van der Waals surface area contributed by atoms with E-state index >= 15 is 0 Å². The minimum Gasteiger partial charge on any atom is -0.480 e. The Morgan fingerprint density at radius 2 is 1.83 bits per heavy atom. The molecular formula is C18H16F2O4. The fraction of sp³-hybridized carbons (Fsp3) is 0.389. The minimum atomic E-state index is -1.57. The third-order valence-corrected chi connectivity index (χ3v) is 5.67. The van der Waals surface area contributed by atoms with Gasteiger partial charge in [0.05, 0.1) is 5.56 Å². The molecule has 0 saturated heterocycles. The highest BCUT2D eigenvalue weighted by molar-refractivity contribution is 6.19. The van der Waals surface area contributed by atoms with Crippen molar-refractivity contribution in [3.8, 4) is 0 Å². The first-order chi connectivity index (χ1) is 11.1. The monoisotopic (exact) mass is 334 g/mol. The fourth-order valence-corrected chi connectivity index (χ4v) is 4.29. The molecule has 2 aliphatic carbocycles. The van der Waals surface area contributed by atoms with Gasteiger partial charge in [-0.25, -0.2) is 8.78 Å². The van der Waals surface area contributed by atoms with Gasteiger partial charge in [-0.2, -0.15) is 0 Å². The van der Waals surface area contributed by atoms with Crippen LogP contribution in [0.4, 0.5) is 8.78 Å². The van der Waals surface area contributed by atoms with Crippen LogP contribution < -0.4 is 0 Å². The highest BCUT2D eigenvalue weighted by Gasteiger charge is 2.70. The van der Waals surface area contributed by atoms with Gasteiger partial charge in [-0.05, 0) is 42.4 Å². The van der Waals surface area contributed by atoms with Crippen molar-refractivity contribution in [2.45, 2.75) is 26.7 Å². The van der Waals surface area contributed by atoms with Crippen LogP contribution in [-0.2, 0) is 9.59 Å². The average Bonchev–Trinajstić information content (AvgIpc) is 2.83. The van der Waals surface area contributed by atoms with E-state index < -0.39 is 51.5 Å². The summed E-state index contributed by atoms with van der Waals surface area (Å²) in [7, 11) is 0. The summed E-state index contributed by atoms with van der Waals surface area (Å²) in [6, 6.07) is 3.06. The predicted molar refractivity (Wildman–Crippen MR) is 80.4 cm³/mol. The molecule has 0 heterocycles. The van der Waals surface area contributed by atoms with Gasteiger partial charge in [-0.3, -0.25) is 14.4 Å². The number of benzene rings is 1. The molecule has 24 heavy (non-hydrogen) atoms. The lowest BCUT2D eigenvalue weighted by molar-refractivity contribution is -0.158. The Labute approximate surface area is 137 Å². The van der Waals surface area contributed by atoms with Crippen molar-refractivity contribution in [1.29, 1.82) is 0 Å². The largest absolute Gasteiger partial charge is 0.480 e. The van der Waals surface area contributed by atoms with Gasteiger partial charge in [-0.15, -0.1) is 0 Å². The molecule has 4 nitrogen and oxygen atoms in total. The van der Waals surface area contributed by atoms with Crippen LogP contribution in [0.15, 0.2) is 29.8 Å². The first kappa shape index (κ1) is 16.5. The highest BCUT2D eigenvalue weighted by atomic mass is 19.1. The summed E-state index contributed by atoms with van der Waals surface area (Å²) in [6.07, 6.45) is 1.57. The van der Waals surface area contributed by atoms with Gasteiger partial charge >= 0.3 is 5.97 Å². The molecule has 1 aromatic carbocycles. The molecule has 2 fully saturated rings. The molecule has 2 saturated carbocycles. The Hall–Kier alpha value is -2.37. The zero-order valence-electron chi connectivity index (χ0n) is 13.2. The fourth-order valence-electron chi connectivity index (χ4n) is 4.29. The predicted octanol–water partition coefficient (Wildman–Crippen LogP) is 3.16. The van der Waals surface area contributed by atoms with Gasteiger partial charge in [-0.1, -0.05) is 19.9 Å². The second-order valence-corrected chi connectivity index (χ2v) is 6.91. The first-order valence-electron chi connectivity index (χ1n) is 7.62. The maximum absolute atomic E-state index is 13.7. The summed E-state index contributed by atoms with van der Waals surface area (Å²) in [5, 5.41) is 9.60. The van der Waals surface area contributed by atoms with Crippen molar-refractivity contribution in [2.24, 2.45) is 16.7 Å². The zero-order chi connectivity index (χ0) is 17.9. The lowest BCUT2D eigenvalue weighted by Gasteiger charge is -2.31. The second kappa shape index (κ2) is 5.06. The van der Waals surface area contributed by atoms with E-state index in [2.05, 4.69) is 0 Å². The Kier molecular flexibility index (Phi) is 3.48. The maximum Gasteiger partial charge on any atom is 0.318 e. The SMILES string of the molecule is CC1(C)C2CC[C@]1(C(=O)O)C(=O)C2=CC(=O)c1c(F)cccc1F. The number of carboxylic acid groups (broad SMARTS) is 1. The minimum absolute atomic E-state index is 0.0568. The van der Waals surface area contributed by atoms with Crippen LogP contribution in [0, 0.1) is 28.4 Å². The number of carboxylic acids is 1. The number of fused-ring (bicyclic) bond motifs is 2. The van der Waals surface area contributed by atoms with E-state index in [4.69, 9.17) is 0 Å². The maximum atomic E-state index is 13.7. The number of ketones is 2. The average molecular weight is 334 g/mol. The van der Waals surface area contributed by atoms with Crippen LogP contribution in [0.2, 0.25) is 0 Å². The number of hydrogen-bond donors (Lipinski definition) is 1. The Morgan fingerprint density at radius 1 is 1.25 bits per heavy atom. The van der Waals surface area contributed by atoms with E-state index in [0.717, 1.165) is 24.3 Å². The molecule has 0 aromatic heterocycles. The normalized spacial score (nSPS) is 29.2. The molecule has 1 N–H and O–H groups in total. The van der Waals surface area contributed by atoms with Crippen LogP contribution >= 0.6 is 0 Å². The van der Waals surface area contributed by atoms with Gasteiger partial charge in [0.15, 0.2) is 11.6 Å². The highest BCUT2D eigenvalue weighted by Crippen LogP contribution is 2.65. The van der Waals surface area contributed by atoms with E-state index in [1.807, 2.05) is 0 Å². The quantitative estimate of drug-likeness (QED) is 0.524. The van der Waals surface area contributed by atoms with Crippen LogP contribution in [0.1, 0.15) is 37.0 Å². The van der Waals surface area contributed by atoms with E-state index in [1.54, 1.807) is 13.8 Å². The molecule has 1 aromatic rings. The molecule has 0 spiro atoms. The molecule has 0 aliphatic heterocycles. The molecule has 2 atom stereocenters. The molecule has 2 bridgehead atoms. The Morgan fingerprint density at radius 3 is 2.33 bits per heavy atom. The zero-order valence-corrected chi connectivity index (χ0v) is 13.2. The number of carbonyl (C=O) groups excluding carboxylic acids is 2. The van der Waals surface area contributed by atoms with Crippen molar-refractivity contribution in [3.05, 3.63) is 47.0 Å². The molecule has 0 amide bonds. The van der Waals surface area contributed by atoms with E-state index in [-0.39, 0.29) is 12.0 Å². The molecule has 3 rings (SSSR count). The van der Waals surface area contributed by atoms with Crippen molar-refractivity contribution in [3.63, 3.8) is 0 Å². The molecular weight excluding hydrogens is 318 g/mol. The number of halogens is 2. The Balaban J connectivity index is 2.09. The topological polar surface area (TPSA) is 71.4 Å². The number of aliphatic carboxylic acids is 1. The number of rotatable bonds is 3. The van der Waals surface area contributed by atoms with Gasteiger partial charge < -0.3 is 5.11 Å². The first-order valence-corrected chi connectivity index (χ1v) is 7.62. The number of allylic oxidation sites excluding steroid dienone is 2. The van der Waals surface area contributed by atoms with E-state index in [1.165, 1.54) is 0 Å². The lowest BCUT2D eigenvalue weighted by Crippen LogP contribution is -2.43. The molecule has 2 aliphatic rings. The standard InChI is InChI=1S/C18H16F2O4/c1-17(2)10-6-7-18(17,16(23)24)15(22)9(10)8-13(21)14-11(19)4-3-5-12(14)20/h3-5,8,10H,6-7H2,1-2H3,(H,23,24)/t10?,18-/m1/s1. The third kappa shape index (κ3) is 1.85. The van der Waals surface area contributed by atoms with E-state index in [0.29, 0.717) is 6.42 Å². The molecule has 1 unspecified atom stereocenters. The van der Waals surface area contributed by atoms with Crippen molar-refractivity contribution < 1.29 is 28.3 Å². The number of carbonyl (C=O) groups is 3. The lowest BCUT2D eigenvalue weighted by atomic mass is 9.69. The van der Waals surface area contributed by atoms with Gasteiger partial charge in [0.2, 0.25) is 0 Å². The van der Waals surface area contributed by atoms with Crippen molar-refractivity contribution in [1.82, 2.24) is 0 Å². The van der Waals surface area contributed by atoms with Crippen LogP contribution in [0.3, 0.4) is 0 Å². The van der Waals surface area contributed by atoms with Crippen molar-refractivity contribution >= 4 is 17.5 Å². The van der Waals surface area contributed by atoms with Crippen LogP contribution in [0.5, 0.6) is 0 Å². The summed E-state index contributed by atoms with van der Waals surface area (Å²) in [4.78, 5) is 36.8. The smallest absolute Gasteiger partial charge is 0.318 e. The number of hydrogen-bond acceptors (Lipinski definition) is 3.